The summed E-state index contributed by atoms with van der Waals surface area (Å²) in [6, 6.07) is 1.60. The van der Waals surface area contributed by atoms with Gasteiger partial charge >= 0.3 is 0 Å². The lowest BCUT2D eigenvalue weighted by atomic mass is 10.4. The number of rotatable bonds is 2. The molecule has 0 saturated carbocycles. The Balaban J connectivity index is 2.17. The quantitative estimate of drug-likeness (QED) is 0.877. The summed E-state index contributed by atoms with van der Waals surface area (Å²) in [5, 5.41) is 2.63. The first kappa shape index (κ1) is 11.6. The summed E-state index contributed by atoms with van der Waals surface area (Å²) in [6.45, 7) is 0. The van der Waals surface area contributed by atoms with Gasteiger partial charge in [0, 0.05) is 13.2 Å². The summed E-state index contributed by atoms with van der Waals surface area (Å²) in [7, 11) is 1.75. The van der Waals surface area contributed by atoms with Crippen LogP contribution in [0.2, 0.25) is 0 Å². The number of carbonyl (C=O) groups is 1. The van der Waals surface area contributed by atoms with E-state index in [4.69, 9.17) is 5.73 Å². The van der Waals surface area contributed by atoms with E-state index in [-0.39, 0.29) is 5.91 Å². The number of hydrogen-bond donors (Lipinski definition) is 2. The largest absolute Gasteiger partial charge is 0.397 e. The van der Waals surface area contributed by atoms with Crippen LogP contribution in [0.4, 0.5) is 11.5 Å². The van der Waals surface area contributed by atoms with Gasteiger partial charge in [-0.2, -0.15) is 0 Å². The van der Waals surface area contributed by atoms with Crippen molar-refractivity contribution in [1.82, 2.24) is 14.5 Å². The predicted octanol–water partition coefficient (Wildman–Crippen LogP) is 1.41. The number of aromatic nitrogens is 3. The van der Waals surface area contributed by atoms with Gasteiger partial charge in [-0.25, -0.2) is 9.97 Å². The van der Waals surface area contributed by atoms with E-state index in [1.807, 2.05) is 0 Å². The number of carbonyl (C=O) groups excluding carboxylic acids is 1. The predicted molar refractivity (Wildman–Crippen MR) is 67.5 cm³/mol. The number of nitrogen functional groups attached to an aromatic ring is 1. The molecular weight excluding hydrogens is 286 g/mol. The van der Waals surface area contributed by atoms with Crippen LogP contribution in [0.5, 0.6) is 0 Å². The van der Waals surface area contributed by atoms with Gasteiger partial charge in [-0.05, 0) is 22.0 Å². The second-order valence-corrected chi connectivity index (χ2v) is 4.26. The maximum absolute atomic E-state index is 11.9. The molecular formula is C10H10BrN5O. The van der Waals surface area contributed by atoms with Crippen molar-refractivity contribution in [2.75, 3.05) is 11.1 Å². The van der Waals surface area contributed by atoms with Crippen LogP contribution in [0.3, 0.4) is 0 Å². The van der Waals surface area contributed by atoms with Gasteiger partial charge < -0.3 is 15.6 Å². The number of amides is 1. The number of nitrogens with one attached hydrogen (secondary N) is 1. The Morgan fingerprint density at radius 1 is 1.47 bits per heavy atom. The minimum absolute atomic E-state index is 0.277. The molecule has 0 unspecified atom stereocenters. The molecule has 88 valence electrons. The van der Waals surface area contributed by atoms with Gasteiger partial charge in [-0.1, -0.05) is 0 Å². The highest BCUT2D eigenvalue weighted by Crippen LogP contribution is 2.11. The molecule has 2 heterocycles. The second-order valence-electron chi connectivity index (χ2n) is 3.45. The van der Waals surface area contributed by atoms with Crippen molar-refractivity contribution < 1.29 is 4.79 Å². The Morgan fingerprint density at radius 3 is 2.76 bits per heavy atom. The Morgan fingerprint density at radius 2 is 2.24 bits per heavy atom. The zero-order chi connectivity index (χ0) is 12.4. The topological polar surface area (TPSA) is 85.8 Å². The third-order valence-electron chi connectivity index (χ3n) is 2.12. The molecule has 1 amide bonds. The van der Waals surface area contributed by atoms with Crippen molar-refractivity contribution in [3.63, 3.8) is 0 Å². The normalized spacial score (nSPS) is 10.2. The lowest BCUT2D eigenvalue weighted by Crippen LogP contribution is -2.16. The van der Waals surface area contributed by atoms with Crippen molar-refractivity contribution in [2.24, 2.45) is 7.05 Å². The Kier molecular flexibility index (Phi) is 3.10. The highest BCUT2D eigenvalue weighted by molar-refractivity contribution is 9.10. The summed E-state index contributed by atoms with van der Waals surface area (Å²) in [5.41, 5.74) is 6.60. The van der Waals surface area contributed by atoms with Crippen molar-refractivity contribution in [3.8, 4) is 0 Å². The number of nitrogens with two attached hydrogens (primary N) is 1. The van der Waals surface area contributed by atoms with E-state index in [1.165, 1.54) is 12.4 Å². The number of halogens is 1. The minimum atomic E-state index is -0.277. The smallest absolute Gasteiger partial charge is 0.273 e. The Hall–Kier alpha value is -1.89. The molecule has 7 heteroatoms. The van der Waals surface area contributed by atoms with E-state index in [0.717, 1.165) is 0 Å². The number of nitrogens with zero attached hydrogens (tertiary/aromatic N) is 3. The number of hydrogen-bond acceptors (Lipinski definition) is 4. The molecule has 2 rings (SSSR count). The van der Waals surface area contributed by atoms with E-state index >= 15 is 0 Å². The standard InChI is InChI=1S/C10H10BrN5O/c1-16-5-6(12)2-7(16)10(17)15-9-4-13-8(11)3-14-9/h2-5H,12H2,1H3,(H,14,15,17). The molecule has 0 saturated heterocycles. The zero-order valence-corrected chi connectivity index (χ0v) is 10.6. The lowest BCUT2D eigenvalue weighted by Gasteiger charge is -2.04. The molecule has 0 fully saturated rings. The highest BCUT2D eigenvalue weighted by Gasteiger charge is 2.11. The van der Waals surface area contributed by atoms with E-state index in [9.17, 15) is 4.79 Å². The van der Waals surface area contributed by atoms with Crippen molar-refractivity contribution in [1.29, 1.82) is 0 Å². The van der Waals surface area contributed by atoms with Crippen LogP contribution in [0.1, 0.15) is 10.5 Å². The molecule has 2 aromatic rings. The van der Waals surface area contributed by atoms with Crippen molar-refractivity contribution in [3.05, 3.63) is 35.0 Å². The van der Waals surface area contributed by atoms with Gasteiger partial charge in [0.1, 0.15) is 10.3 Å². The SMILES string of the molecule is Cn1cc(N)cc1C(=O)Nc1cnc(Br)cn1. The highest BCUT2D eigenvalue weighted by atomic mass is 79.9. The van der Waals surface area contributed by atoms with E-state index in [1.54, 1.807) is 23.9 Å². The lowest BCUT2D eigenvalue weighted by molar-refractivity contribution is 0.101. The fourth-order valence-electron chi connectivity index (χ4n) is 1.37. The van der Waals surface area contributed by atoms with Crippen LogP contribution in [-0.4, -0.2) is 20.4 Å². The van der Waals surface area contributed by atoms with Crippen LogP contribution in [0, 0.1) is 0 Å². The summed E-state index contributed by atoms with van der Waals surface area (Å²) in [4.78, 5) is 19.8. The van der Waals surface area contributed by atoms with Crippen LogP contribution >= 0.6 is 15.9 Å². The molecule has 17 heavy (non-hydrogen) atoms. The zero-order valence-electron chi connectivity index (χ0n) is 9.01. The Bertz CT molecular complexity index is 548. The Labute approximate surface area is 106 Å². The molecule has 0 bridgehead atoms. The molecule has 0 aromatic carbocycles. The van der Waals surface area contributed by atoms with Crippen molar-refractivity contribution >= 4 is 33.3 Å². The molecule has 0 aliphatic rings. The summed E-state index contributed by atoms with van der Waals surface area (Å²) < 4.78 is 2.26. The van der Waals surface area contributed by atoms with Gasteiger partial charge in [0.05, 0.1) is 18.1 Å². The monoisotopic (exact) mass is 295 g/mol. The molecule has 0 aliphatic heterocycles. The van der Waals surface area contributed by atoms with Crippen LogP contribution in [0.15, 0.2) is 29.3 Å². The average Bonchev–Trinajstić information content (AvgIpc) is 2.61. The van der Waals surface area contributed by atoms with Gasteiger partial charge in [0.2, 0.25) is 0 Å². The van der Waals surface area contributed by atoms with Gasteiger partial charge in [-0.15, -0.1) is 0 Å². The molecule has 6 nitrogen and oxygen atoms in total. The summed E-state index contributed by atoms with van der Waals surface area (Å²) in [5.74, 6) is 0.110. The fraction of sp³-hybridized carbons (Fsp3) is 0.100. The van der Waals surface area contributed by atoms with E-state index in [2.05, 4.69) is 31.2 Å². The van der Waals surface area contributed by atoms with E-state index < -0.39 is 0 Å². The first-order chi connectivity index (χ1) is 8.06. The second kappa shape index (κ2) is 4.54. The summed E-state index contributed by atoms with van der Waals surface area (Å²) >= 11 is 3.16. The van der Waals surface area contributed by atoms with Crippen LogP contribution in [-0.2, 0) is 7.05 Å². The molecule has 3 N–H and O–H groups in total. The number of aryl methyl sites for hydroxylation is 1. The first-order valence-corrected chi connectivity index (χ1v) is 5.56. The first-order valence-electron chi connectivity index (χ1n) is 4.77. The van der Waals surface area contributed by atoms with Crippen molar-refractivity contribution in [2.45, 2.75) is 0 Å². The maximum atomic E-state index is 11.9. The molecule has 0 atom stereocenters. The van der Waals surface area contributed by atoms with Gasteiger partial charge in [-0.3, -0.25) is 4.79 Å². The molecule has 0 radical (unpaired) electrons. The third-order valence-corrected chi connectivity index (χ3v) is 2.53. The summed E-state index contributed by atoms with van der Waals surface area (Å²) in [6.07, 6.45) is 4.64. The maximum Gasteiger partial charge on any atom is 0.273 e. The van der Waals surface area contributed by atoms with E-state index in [0.29, 0.717) is 21.8 Å². The molecule has 0 spiro atoms. The average molecular weight is 296 g/mol. The minimum Gasteiger partial charge on any atom is -0.397 e. The number of anilines is 2. The fourth-order valence-corrected chi connectivity index (χ4v) is 1.58. The molecule has 0 aliphatic carbocycles. The van der Waals surface area contributed by atoms with Crippen LogP contribution < -0.4 is 11.1 Å². The third kappa shape index (κ3) is 2.62. The van der Waals surface area contributed by atoms with Gasteiger partial charge in [0.15, 0.2) is 5.82 Å². The van der Waals surface area contributed by atoms with Gasteiger partial charge in [0.25, 0.3) is 5.91 Å². The van der Waals surface area contributed by atoms with Crippen LogP contribution in [0.25, 0.3) is 0 Å². The molecule has 2 aromatic heterocycles.